The normalized spacial score (nSPS) is 13.9. The van der Waals surface area contributed by atoms with E-state index in [0.717, 1.165) is 84.3 Å². The number of hydrogen-bond donors (Lipinski definition) is 3. The molecule has 0 aliphatic carbocycles. The standard InChI is InChI=1S/C34H25F3N2O.C11H16N2O2/c35-34(36,37)29-8-2-1-6-25(29)30-26-11-9-19-17-21(38)10-12-22(19)32(26)40-33-27(30)14-13-23-24-7-4-16-39-15-3-5-20(31(24)39)18-28(23)33;1-13(8-2-3-11(14)15)10-6-4-9(12)5-7-10/h1-2,6,8-14,17-18,38H,3-5,7,15-16H2;4-7H,2-3,8,12H2,1H3,(H,14,15)/p+1. The molecule has 3 heterocycles. The van der Waals surface area contributed by atoms with E-state index in [1.165, 1.54) is 22.9 Å². The number of aryl methyl sites for hydroxylation is 2. The van der Waals surface area contributed by atoms with Crippen LogP contribution < -0.4 is 26.3 Å². The second-order valence-corrected chi connectivity index (χ2v) is 14.5. The minimum atomic E-state index is -4.50. The Hall–Kier alpha value is -6.03. The van der Waals surface area contributed by atoms with Crippen LogP contribution in [-0.2, 0) is 23.8 Å². The van der Waals surface area contributed by atoms with Gasteiger partial charge in [0.2, 0.25) is 0 Å². The summed E-state index contributed by atoms with van der Waals surface area (Å²) in [5.74, 6) is -0.749. The summed E-state index contributed by atoms with van der Waals surface area (Å²) in [7, 11) is 1.94. The number of benzene rings is 6. The van der Waals surface area contributed by atoms with E-state index in [-0.39, 0.29) is 12.0 Å². The number of rotatable bonds is 6. The zero-order valence-corrected chi connectivity index (χ0v) is 30.5. The van der Waals surface area contributed by atoms with Crippen LogP contribution in [0, 0.1) is 0 Å². The molecule has 10 heteroatoms. The highest BCUT2D eigenvalue weighted by Crippen LogP contribution is 2.48. The Labute approximate surface area is 315 Å². The zero-order chi connectivity index (χ0) is 38.4. The fourth-order valence-corrected chi connectivity index (χ4v) is 8.39. The van der Waals surface area contributed by atoms with Crippen LogP contribution in [0.3, 0.4) is 0 Å². The highest BCUT2D eigenvalue weighted by Gasteiger charge is 2.35. The van der Waals surface area contributed by atoms with Gasteiger partial charge in [-0.2, -0.15) is 13.2 Å². The lowest BCUT2D eigenvalue weighted by atomic mass is 9.86. The minimum Gasteiger partial charge on any atom is -0.481 e. The molecule has 7 aromatic rings. The molecule has 0 amide bonds. The molecule has 0 radical (unpaired) electrons. The van der Waals surface area contributed by atoms with Crippen LogP contribution in [0.15, 0.2) is 101 Å². The number of fused-ring (bicyclic) bond motifs is 7. The summed E-state index contributed by atoms with van der Waals surface area (Å²) in [6.45, 7) is 2.87. The molecule has 0 atom stereocenters. The van der Waals surface area contributed by atoms with Crippen LogP contribution in [0.5, 0.6) is 0 Å². The molecule has 0 saturated heterocycles. The van der Waals surface area contributed by atoms with Crippen molar-refractivity contribution in [1.29, 1.82) is 0 Å². The molecule has 0 bridgehead atoms. The number of halogens is 3. The second-order valence-electron chi connectivity index (χ2n) is 14.5. The average Bonchev–Trinajstić information content (AvgIpc) is 3.17. The third-order valence-corrected chi connectivity index (χ3v) is 10.9. The molecule has 0 unspecified atom stereocenters. The Kier molecular flexibility index (Phi) is 9.37. The molecule has 1 aromatic heterocycles. The minimum absolute atomic E-state index is 0.153. The quantitative estimate of drug-likeness (QED) is 0.0896. The van der Waals surface area contributed by atoms with Crippen molar-refractivity contribution in [2.24, 2.45) is 0 Å². The van der Waals surface area contributed by atoms with Gasteiger partial charge in [-0.1, -0.05) is 30.3 Å². The van der Waals surface area contributed by atoms with Gasteiger partial charge in [-0.25, -0.2) is 0 Å². The Morgan fingerprint density at radius 2 is 1.53 bits per heavy atom. The van der Waals surface area contributed by atoms with Crippen LogP contribution in [-0.4, -0.2) is 37.8 Å². The molecular formula is C45H42F3N4O3+. The summed E-state index contributed by atoms with van der Waals surface area (Å²) in [5.41, 5.74) is 12.6. The lowest BCUT2D eigenvalue weighted by Crippen LogP contribution is -2.44. The van der Waals surface area contributed by atoms with Crippen molar-refractivity contribution < 1.29 is 32.9 Å². The highest BCUT2D eigenvalue weighted by atomic mass is 19.4. The number of alkyl halides is 3. The van der Waals surface area contributed by atoms with Crippen LogP contribution in [0.4, 0.5) is 30.2 Å². The van der Waals surface area contributed by atoms with Crippen LogP contribution >= 0.6 is 0 Å². The van der Waals surface area contributed by atoms with E-state index in [2.05, 4.69) is 17.0 Å². The first-order valence-corrected chi connectivity index (χ1v) is 18.7. The summed E-state index contributed by atoms with van der Waals surface area (Å²) in [6, 6.07) is 29.0. The predicted octanol–water partition coefficient (Wildman–Crippen LogP) is 8.51. The van der Waals surface area contributed by atoms with Crippen molar-refractivity contribution in [2.45, 2.75) is 44.7 Å². The van der Waals surface area contributed by atoms with Crippen molar-refractivity contribution in [1.82, 2.24) is 0 Å². The molecule has 0 spiro atoms. The van der Waals surface area contributed by atoms with E-state index >= 15 is 0 Å². The number of carboxylic acid groups (broad SMARTS) is 1. The summed E-state index contributed by atoms with van der Waals surface area (Å²) < 4.78 is 49.9. The predicted molar refractivity (Wildman–Crippen MR) is 214 cm³/mol. The number of nitrogen functional groups attached to an aromatic ring is 1. The maximum absolute atomic E-state index is 14.4. The summed E-state index contributed by atoms with van der Waals surface area (Å²) in [6.07, 6.45) is 0.520. The van der Waals surface area contributed by atoms with Crippen molar-refractivity contribution in [2.75, 3.05) is 42.2 Å². The number of nitrogens with zero attached hydrogens (tertiary/aromatic N) is 2. The third-order valence-electron chi connectivity index (χ3n) is 10.9. The van der Waals surface area contributed by atoms with E-state index in [1.54, 1.807) is 12.1 Å². The number of anilines is 3. The molecule has 9 rings (SSSR count). The Bertz CT molecular complexity index is 2670. The first-order valence-electron chi connectivity index (χ1n) is 18.7. The van der Waals surface area contributed by atoms with E-state index in [4.69, 9.17) is 20.7 Å². The smallest absolute Gasteiger partial charge is 0.417 e. The number of nitrogens with two attached hydrogens (primary N) is 2. The molecule has 2 aliphatic rings. The first kappa shape index (κ1) is 36.0. The maximum Gasteiger partial charge on any atom is 0.417 e. The molecule has 0 saturated carbocycles. The van der Waals surface area contributed by atoms with E-state index in [1.807, 2.05) is 72.6 Å². The molecule has 280 valence electrons. The van der Waals surface area contributed by atoms with Gasteiger partial charge in [0.15, 0.2) is 5.36 Å². The Morgan fingerprint density at radius 3 is 2.27 bits per heavy atom. The third kappa shape index (κ3) is 6.81. The van der Waals surface area contributed by atoms with Crippen molar-refractivity contribution >= 4 is 66.5 Å². The fraction of sp³-hybridized carbons (Fsp3) is 0.244. The molecule has 7 nitrogen and oxygen atoms in total. The van der Waals surface area contributed by atoms with Gasteiger partial charge in [-0.3, -0.25) is 10.2 Å². The zero-order valence-electron chi connectivity index (χ0n) is 30.5. The molecule has 5 N–H and O–H groups in total. The highest BCUT2D eigenvalue weighted by molar-refractivity contribution is 6.20. The van der Waals surface area contributed by atoms with Gasteiger partial charge in [0.05, 0.1) is 5.56 Å². The van der Waals surface area contributed by atoms with E-state index < -0.39 is 17.7 Å². The van der Waals surface area contributed by atoms with Gasteiger partial charge in [0.1, 0.15) is 11.2 Å². The van der Waals surface area contributed by atoms with Gasteiger partial charge in [0, 0.05) is 89.4 Å². The lowest BCUT2D eigenvalue weighted by molar-refractivity contribution is -0.172. The van der Waals surface area contributed by atoms with Crippen molar-refractivity contribution in [3.8, 4) is 11.1 Å². The molecule has 0 fully saturated rings. The van der Waals surface area contributed by atoms with E-state index in [0.29, 0.717) is 39.3 Å². The van der Waals surface area contributed by atoms with Crippen molar-refractivity contribution in [3.63, 3.8) is 0 Å². The molecule has 55 heavy (non-hydrogen) atoms. The monoisotopic (exact) mass is 743 g/mol. The SMILES string of the molecule is CN(CCCC(=O)O)c1ccc(N)cc1.[NH2+]=c1ccc2c(ccc3c(-c4ccccc4C(F)(F)F)c4ccc5c6c7c(cc5c4oc32)CCCN7CCC6)c1. The van der Waals surface area contributed by atoms with Gasteiger partial charge >= 0.3 is 12.1 Å². The van der Waals surface area contributed by atoms with Gasteiger partial charge in [0.25, 0.3) is 0 Å². The number of carbonyl (C=O) groups is 1. The fourth-order valence-electron chi connectivity index (χ4n) is 8.39. The lowest BCUT2D eigenvalue weighted by Gasteiger charge is -2.37. The largest absolute Gasteiger partial charge is 0.481 e. The number of carboxylic acids is 1. The number of hydrogen-bond acceptors (Lipinski definition) is 5. The van der Waals surface area contributed by atoms with Crippen LogP contribution in [0.25, 0.3) is 54.6 Å². The van der Waals surface area contributed by atoms with E-state index in [9.17, 15) is 18.0 Å². The summed E-state index contributed by atoms with van der Waals surface area (Å²) in [4.78, 5) is 14.8. The summed E-state index contributed by atoms with van der Waals surface area (Å²) in [5, 5.41) is 20.3. The van der Waals surface area contributed by atoms with Crippen LogP contribution in [0.2, 0.25) is 0 Å². The molecule has 2 aliphatic heterocycles. The van der Waals surface area contributed by atoms with Gasteiger partial charge < -0.3 is 25.1 Å². The molecular weight excluding hydrogens is 702 g/mol. The average molecular weight is 744 g/mol. The Balaban J connectivity index is 0.000000242. The van der Waals surface area contributed by atoms with Gasteiger partial charge in [-0.05, 0) is 114 Å². The van der Waals surface area contributed by atoms with Crippen LogP contribution in [0.1, 0.15) is 42.4 Å². The first-order chi connectivity index (χ1) is 26.5. The topological polar surface area (TPSA) is 109 Å². The Morgan fingerprint density at radius 1 is 0.855 bits per heavy atom. The second kappa shape index (κ2) is 14.3. The molecule has 6 aromatic carbocycles. The van der Waals surface area contributed by atoms with Crippen molar-refractivity contribution in [3.05, 3.63) is 119 Å². The maximum atomic E-state index is 14.4. The number of aliphatic carboxylic acids is 1. The summed E-state index contributed by atoms with van der Waals surface area (Å²) >= 11 is 0. The van der Waals surface area contributed by atoms with Gasteiger partial charge in [-0.15, -0.1) is 0 Å².